The smallest absolute Gasteiger partial charge is 0.227 e. The summed E-state index contributed by atoms with van der Waals surface area (Å²) in [6, 6.07) is 19.4. The Morgan fingerprint density at radius 2 is 1.67 bits per heavy atom. The summed E-state index contributed by atoms with van der Waals surface area (Å²) in [5, 5.41) is 0. The van der Waals surface area contributed by atoms with Gasteiger partial charge in [0.1, 0.15) is 5.69 Å². The number of amides is 1. The number of hydrogen-bond donors (Lipinski definition) is 0. The minimum Gasteiger partial charge on any atom is -0.312 e. The highest BCUT2D eigenvalue weighted by Gasteiger charge is 2.31. The SMILES string of the molecule is CC.CC(=O)c1ccccn1.Cc1cc(N2CC(c3ccccc3)CC2=O)ccn1. The normalized spacial score (nSPS) is 14.9. The van der Waals surface area contributed by atoms with Crippen molar-refractivity contribution in [3.8, 4) is 0 Å². The molecule has 1 atom stereocenters. The lowest BCUT2D eigenvalue weighted by Crippen LogP contribution is -2.24. The van der Waals surface area contributed by atoms with E-state index in [9.17, 15) is 9.59 Å². The van der Waals surface area contributed by atoms with Crippen molar-refractivity contribution >= 4 is 17.4 Å². The van der Waals surface area contributed by atoms with Gasteiger partial charge in [0.15, 0.2) is 5.78 Å². The van der Waals surface area contributed by atoms with Crippen LogP contribution in [0.1, 0.15) is 54.9 Å². The van der Waals surface area contributed by atoms with Gasteiger partial charge >= 0.3 is 0 Å². The number of carbonyl (C=O) groups is 2. The van der Waals surface area contributed by atoms with Gasteiger partial charge in [-0.25, -0.2) is 0 Å². The predicted octanol–water partition coefficient (Wildman–Crippen LogP) is 5.22. The van der Waals surface area contributed by atoms with Gasteiger partial charge in [0, 0.05) is 49.6 Å². The molecule has 3 heterocycles. The number of rotatable bonds is 3. The highest BCUT2D eigenvalue weighted by atomic mass is 16.2. The second-order valence-electron chi connectivity index (χ2n) is 6.74. The second kappa shape index (κ2) is 11.6. The van der Waals surface area contributed by atoms with Gasteiger partial charge in [-0.15, -0.1) is 0 Å². The van der Waals surface area contributed by atoms with Gasteiger partial charge in [-0.3, -0.25) is 19.6 Å². The number of aryl methyl sites for hydroxylation is 1. The predicted molar refractivity (Wildman–Crippen MR) is 121 cm³/mol. The van der Waals surface area contributed by atoms with Crippen LogP contribution in [0.15, 0.2) is 73.1 Å². The quantitative estimate of drug-likeness (QED) is 0.562. The molecular weight excluding hydrogens is 374 g/mol. The van der Waals surface area contributed by atoms with E-state index in [4.69, 9.17) is 0 Å². The Labute approximate surface area is 178 Å². The summed E-state index contributed by atoms with van der Waals surface area (Å²) in [7, 11) is 0. The second-order valence-corrected chi connectivity index (χ2v) is 6.74. The van der Waals surface area contributed by atoms with Crippen LogP contribution < -0.4 is 4.90 Å². The molecule has 1 aromatic carbocycles. The van der Waals surface area contributed by atoms with Crippen molar-refractivity contribution in [3.63, 3.8) is 0 Å². The van der Waals surface area contributed by atoms with Crippen molar-refractivity contribution < 1.29 is 9.59 Å². The first kappa shape index (κ1) is 22.9. The van der Waals surface area contributed by atoms with Gasteiger partial charge in [0.25, 0.3) is 0 Å². The summed E-state index contributed by atoms with van der Waals surface area (Å²) < 4.78 is 0. The topological polar surface area (TPSA) is 63.2 Å². The number of aromatic nitrogens is 2. The lowest BCUT2D eigenvalue weighted by Gasteiger charge is -2.17. The highest BCUT2D eigenvalue weighted by molar-refractivity contribution is 5.96. The minimum atomic E-state index is 0.00981. The number of hydrogen-bond acceptors (Lipinski definition) is 4. The minimum absolute atomic E-state index is 0.00981. The summed E-state index contributed by atoms with van der Waals surface area (Å²) in [4.78, 5) is 32.6. The summed E-state index contributed by atoms with van der Waals surface area (Å²) in [5.74, 6) is 0.497. The van der Waals surface area contributed by atoms with Crippen molar-refractivity contribution in [1.82, 2.24) is 9.97 Å². The van der Waals surface area contributed by atoms with Crippen molar-refractivity contribution in [2.45, 2.75) is 40.0 Å². The van der Waals surface area contributed by atoms with Gasteiger partial charge in [-0.05, 0) is 36.8 Å². The maximum atomic E-state index is 12.2. The molecule has 0 N–H and O–H groups in total. The molecular formula is C25H29N3O2. The van der Waals surface area contributed by atoms with E-state index in [1.807, 2.05) is 56.0 Å². The van der Waals surface area contributed by atoms with Gasteiger partial charge < -0.3 is 4.90 Å². The number of carbonyl (C=O) groups excluding carboxylic acids is 2. The Balaban J connectivity index is 0.000000245. The zero-order valence-electron chi connectivity index (χ0n) is 18.1. The maximum absolute atomic E-state index is 12.2. The molecule has 4 rings (SSSR count). The zero-order chi connectivity index (χ0) is 21.9. The van der Waals surface area contributed by atoms with Crippen molar-refractivity contribution in [3.05, 3.63) is 90.0 Å². The Hall–Kier alpha value is -3.34. The molecule has 0 aliphatic carbocycles. The van der Waals surface area contributed by atoms with Crippen molar-refractivity contribution in [1.29, 1.82) is 0 Å². The fraction of sp³-hybridized carbons (Fsp3) is 0.280. The number of nitrogens with zero attached hydrogens (tertiary/aromatic N) is 3. The van der Waals surface area contributed by atoms with E-state index >= 15 is 0 Å². The molecule has 0 radical (unpaired) electrons. The average Bonchev–Trinajstić information content (AvgIpc) is 3.18. The summed E-state index contributed by atoms with van der Waals surface area (Å²) in [5.41, 5.74) is 3.66. The van der Waals surface area contributed by atoms with E-state index < -0.39 is 0 Å². The molecule has 1 aliphatic rings. The van der Waals surface area contributed by atoms with Crippen LogP contribution in [-0.4, -0.2) is 28.2 Å². The number of benzene rings is 1. The van der Waals surface area contributed by atoms with Crippen LogP contribution in [0.5, 0.6) is 0 Å². The number of pyridine rings is 2. The molecule has 1 unspecified atom stereocenters. The average molecular weight is 404 g/mol. The molecule has 156 valence electrons. The van der Waals surface area contributed by atoms with Crippen molar-refractivity contribution in [2.24, 2.45) is 0 Å². The van der Waals surface area contributed by atoms with E-state index in [-0.39, 0.29) is 11.7 Å². The standard InChI is InChI=1S/C16H16N2O.C7H7NO.C2H6/c1-12-9-15(7-8-17-12)18-11-14(10-16(18)19)13-5-3-2-4-6-13;1-6(9)7-4-2-3-5-8-7;1-2/h2-9,14H,10-11H2,1H3;2-5H,1H3;1-2H3. The zero-order valence-corrected chi connectivity index (χ0v) is 18.1. The molecule has 30 heavy (non-hydrogen) atoms. The fourth-order valence-electron chi connectivity index (χ4n) is 3.18. The van der Waals surface area contributed by atoms with Crippen LogP contribution in [-0.2, 0) is 4.79 Å². The number of Topliss-reactive ketones (excluding diaryl/α,β-unsaturated/α-hetero) is 1. The third kappa shape index (κ3) is 6.34. The van der Waals surface area contributed by atoms with Crippen molar-refractivity contribution in [2.75, 3.05) is 11.4 Å². The highest BCUT2D eigenvalue weighted by Crippen LogP contribution is 2.31. The van der Waals surface area contributed by atoms with E-state index in [1.54, 1.807) is 30.6 Å². The van der Waals surface area contributed by atoms with E-state index in [0.717, 1.165) is 17.9 Å². The summed E-state index contributed by atoms with van der Waals surface area (Å²) in [6.45, 7) is 8.20. The van der Waals surface area contributed by atoms with Crippen LogP contribution in [0.2, 0.25) is 0 Å². The van der Waals surface area contributed by atoms with E-state index in [1.165, 1.54) is 12.5 Å². The largest absolute Gasteiger partial charge is 0.312 e. The summed E-state index contributed by atoms with van der Waals surface area (Å²) in [6.07, 6.45) is 3.95. The molecule has 3 aromatic rings. The Bertz CT molecular complexity index is 943. The van der Waals surface area contributed by atoms with Crippen LogP contribution in [0.25, 0.3) is 0 Å². The molecule has 5 nitrogen and oxygen atoms in total. The van der Waals surface area contributed by atoms with Crippen LogP contribution >= 0.6 is 0 Å². The third-order valence-electron chi connectivity index (χ3n) is 4.61. The van der Waals surface area contributed by atoms with Gasteiger partial charge in [-0.2, -0.15) is 0 Å². The number of ketones is 1. The number of anilines is 1. The first-order chi connectivity index (χ1) is 14.5. The van der Waals surface area contributed by atoms with Gasteiger partial charge in [-0.1, -0.05) is 50.2 Å². The Morgan fingerprint density at radius 1 is 0.967 bits per heavy atom. The lowest BCUT2D eigenvalue weighted by molar-refractivity contribution is -0.117. The first-order valence-corrected chi connectivity index (χ1v) is 10.2. The molecule has 2 aromatic heterocycles. The van der Waals surface area contributed by atoms with Gasteiger partial charge in [0.2, 0.25) is 5.91 Å². The molecule has 0 saturated carbocycles. The van der Waals surface area contributed by atoms with Crippen LogP contribution in [0.3, 0.4) is 0 Å². The van der Waals surface area contributed by atoms with E-state index in [0.29, 0.717) is 18.0 Å². The maximum Gasteiger partial charge on any atom is 0.227 e. The first-order valence-electron chi connectivity index (χ1n) is 10.2. The molecule has 1 amide bonds. The third-order valence-corrected chi connectivity index (χ3v) is 4.61. The molecule has 5 heteroatoms. The molecule has 0 spiro atoms. The molecule has 1 saturated heterocycles. The van der Waals surface area contributed by atoms with Crippen LogP contribution in [0.4, 0.5) is 5.69 Å². The molecule has 1 fully saturated rings. The lowest BCUT2D eigenvalue weighted by atomic mass is 9.99. The van der Waals surface area contributed by atoms with E-state index in [2.05, 4.69) is 22.1 Å². The Morgan fingerprint density at radius 3 is 2.23 bits per heavy atom. The molecule has 1 aliphatic heterocycles. The fourth-order valence-corrected chi connectivity index (χ4v) is 3.18. The Kier molecular flexibility index (Phi) is 8.88. The van der Waals surface area contributed by atoms with Gasteiger partial charge in [0.05, 0.1) is 0 Å². The summed E-state index contributed by atoms with van der Waals surface area (Å²) >= 11 is 0. The monoisotopic (exact) mass is 403 g/mol. The molecule has 0 bridgehead atoms. The van der Waals surface area contributed by atoms with Crippen LogP contribution in [0, 0.1) is 6.92 Å².